The highest BCUT2D eigenvalue weighted by molar-refractivity contribution is 8.00. The third-order valence-corrected chi connectivity index (χ3v) is 3.96. The maximum atomic E-state index is 12.4. The summed E-state index contributed by atoms with van der Waals surface area (Å²) in [6, 6.07) is 5.15. The number of alkyl halides is 3. The Morgan fingerprint density at radius 1 is 1.46 bits per heavy atom. The predicted molar refractivity (Wildman–Crippen MR) is 74.2 cm³/mol. The van der Waals surface area contributed by atoms with Gasteiger partial charge in [0, 0.05) is 0 Å². The largest absolute Gasteiger partial charge is 0.573 e. The number of thioether (sulfide) groups is 1. The van der Waals surface area contributed by atoms with Crippen LogP contribution < -0.4 is 19.8 Å². The second kappa shape index (κ2) is 6.99. The molecule has 0 aliphatic heterocycles. The molecule has 130 valence electrons. The second-order valence-corrected chi connectivity index (χ2v) is 5.91. The number of benzene rings is 1. The molecule has 1 unspecified atom stereocenters. The van der Waals surface area contributed by atoms with Crippen molar-refractivity contribution in [1.82, 2.24) is 5.27 Å². The molecule has 1 heterocycles. The summed E-state index contributed by atoms with van der Waals surface area (Å²) in [6.07, 6.45) is -4.88. The predicted octanol–water partition coefficient (Wildman–Crippen LogP) is 1.59. The molecular formula is C13H12F3N3O4S. The summed E-state index contributed by atoms with van der Waals surface area (Å²) >= 11 is 0.869. The SMILES string of the molecule is CC(Sc1c([O-])on[n+]1C)C(=O)Nc1ccccc1OC(F)(F)F. The second-order valence-electron chi connectivity index (χ2n) is 4.58. The van der Waals surface area contributed by atoms with Gasteiger partial charge in [0.1, 0.15) is 0 Å². The van der Waals surface area contributed by atoms with E-state index < -0.39 is 29.2 Å². The zero-order valence-electron chi connectivity index (χ0n) is 12.5. The van der Waals surface area contributed by atoms with Crippen LogP contribution in [-0.2, 0) is 11.8 Å². The molecule has 1 aromatic carbocycles. The van der Waals surface area contributed by atoms with Crippen molar-refractivity contribution in [2.45, 2.75) is 23.6 Å². The van der Waals surface area contributed by atoms with Crippen molar-refractivity contribution >= 4 is 23.4 Å². The van der Waals surface area contributed by atoms with E-state index in [-0.39, 0.29) is 10.7 Å². The van der Waals surface area contributed by atoms with Crippen LogP contribution in [0.25, 0.3) is 0 Å². The van der Waals surface area contributed by atoms with E-state index in [1.54, 1.807) is 0 Å². The minimum atomic E-state index is -4.88. The molecule has 0 spiro atoms. The Balaban J connectivity index is 2.09. The van der Waals surface area contributed by atoms with Crippen LogP contribution in [0.1, 0.15) is 6.92 Å². The number of anilines is 1. The number of halogens is 3. The molecule has 1 N–H and O–H groups in total. The third-order valence-electron chi connectivity index (χ3n) is 2.74. The van der Waals surface area contributed by atoms with Crippen molar-refractivity contribution < 1.29 is 37.0 Å². The topological polar surface area (TPSA) is 91.3 Å². The first-order valence-corrected chi connectivity index (χ1v) is 7.40. The minimum absolute atomic E-state index is 0.0949. The summed E-state index contributed by atoms with van der Waals surface area (Å²) in [5, 5.41) is 16.5. The zero-order chi connectivity index (χ0) is 17.9. The van der Waals surface area contributed by atoms with Crippen molar-refractivity contribution in [2.75, 3.05) is 5.32 Å². The number of carbonyl (C=O) groups excluding carboxylic acids is 1. The number of hydrogen-bond acceptors (Lipinski definition) is 6. The summed E-state index contributed by atoms with van der Waals surface area (Å²) in [7, 11) is 1.46. The number of amides is 1. The molecule has 1 amide bonds. The Kier molecular flexibility index (Phi) is 5.22. The molecule has 0 saturated carbocycles. The first-order valence-electron chi connectivity index (χ1n) is 6.52. The van der Waals surface area contributed by atoms with E-state index in [4.69, 9.17) is 0 Å². The smallest absolute Gasteiger partial charge is 0.538 e. The molecule has 0 saturated heterocycles. The number of carbonyl (C=O) groups is 1. The molecule has 1 atom stereocenters. The summed E-state index contributed by atoms with van der Waals surface area (Å²) in [4.78, 5) is 12.1. The van der Waals surface area contributed by atoms with Gasteiger partial charge in [-0.3, -0.25) is 4.79 Å². The molecule has 2 aromatic rings. The van der Waals surface area contributed by atoms with Gasteiger partial charge in [0.2, 0.25) is 5.91 Å². The number of para-hydroxylation sites is 2. The number of nitrogens with zero attached hydrogens (tertiary/aromatic N) is 2. The van der Waals surface area contributed by atoms with Crippen LogP contribution in [0.4, 0.5) is 18.9 Å². The van der Waals surface area contributed by atoms with Gasteiger partial charge in [-0.25, -0.2) is 0 Å². The Morgan fingerprint density at radius 3 is 2.71 bits per heavy atom. The highest BCUT2D eigenvalue weighted by Crippen LogP contribution is 2.31. The first-order chi connectivity index (χ1) is 11.2. The Labute approximate surface area is 138 Å². The molecule has 0 bridgehead atoms. The van der Waals surface area contributed by atoms with Crippen molar-refractivity contribution in [2.24, 2.45) is 7.05 Å². The van der Waals surface area contributed by atoms with E-state index in [1.165, 1.54) is 32.2 Å². The van der Waals surface area contributed by atoms with Gasteiger partial charge in [-0.05, 0) is 30.8 Å². The number of rotatable bonds is 5. The number of hydrogen-bond donors (Lipinski definition) is 1. The minimum Gasteiger partial charge on any atom is -0.538 e. The number of ether oxygens (including phenoxy) is 1. The fraction of sp³-hybridized carbons (Fsp3) is 0.308. The summed E-state index contributed by atoms with van der Waals surface area (Å²) in [6.45, 7) is 1.49. The Morgan fingerprint density at radius 2 is 2.12 bits per heavy atom. The lowest BCUT2D eigenvalue weighted by molar-refractivity contribution is -0.772. The number of aromatic nitrogens is 2. The summed E-state index contributed by atoms with van der Waals surface area (Å²) in [5.74, 6) is -1.85. The van der Waals surface area contributed by atoms with Gasteiger partial charge in [0.15, 0.2) is 18.7 Å². The van der Waals surface area contributed by atoms with Gasteiger partial charge in [0.25, 0.3) is 5.03 Å². The van der Waals surface area contributed by atoms with Crippen molar-refractivity contribution in [3.8, 4) is 11.7 Å². The molecule has 7 nitrogen and oxygen atoms in total. The monoisotopic (exact) mass is 363 g/mol. The molecule has 0 radical (unpaired) electrons. The van der Waals surface area contributed by atoms with E-state index >= 15 is 0 Å². The van der Waals surface area contributed by atoms with Crippen LogP contribution >= 0.6 is 11.8 Å². The molecule has 0 aliphatic carbocycles. The van der Waals surface area contributed by atoms with E-state index in [0.29, 0.717) is 0 Å². The summed E-state index contributed by atoms with van der Waals surface area (Å²) < 4.78 is 46.5. The number of aryl methyl sites for hydroxylation is 1. The van der Waals surface area contributed by atoms with Crippen LogP contribution in [0.15, 0.2) is 33.8 Å². The van der Waals surface area contributed by atoms with Crippen LogP contribution in [0.5, 0.6) is 11.7 Å². The maximum absolute atomic E-state index is 12.4. The lowest BCUT2D eigenvalue weighted by atomic mass is 10.3. The quantitative estimate of drug-likeness (QED) is 0.641. The average molecular weight is 363 g/mol. The molecular weight excluding hydrogens is 351 g/mol. The van der Waals surface area contributed by atoms with Crippen molar-refractivity contribution in [1.29, 1.82) is 0 Å². The molecule has 2 rings (SSSR count). The maximum Gasteiger partial charge on any atom is 0.573 e. The fourth-order valence-electron chi connectivity index (χ4n) is 1.67. The molecule has 0 aliphatic rings. The van der Waals surface area contributed by atoms with Crippen molar-refractivity contribution in [3.05, 3.63) is 24.3 Å². The van der Waals surface area contributed by atoms with Gasteiger partial charge >= 0.3 is 6.36 Å². The van der Waals surface area contributed by atoms with Gasteiger partial charge in [-0.2, -0.15) is 0 Å². The highest BCUT2D eigenvalue weighted by Gasteiger charge is 2.32. The van der Waals surface area contributed by atoms with Crippen molar-refractivity contribution in [3.63, 3.8) is 0 Å². The van der Waals surface area contributed by atoms with Gasteiger partial charge < -0.3 is 19.7 Å². The lowest BCUT2D eigenvalue weighted by Crippen LogP contribution is -2.33. The molecule has 11 heteroatoms. The third kappa shape index (κ3) is 4.54. The first kappa shape index (κ1) is 17.9. The zero-order valence-corrected chi connectivity index (χ0v) is 13.3. The van der Waals surface area contributed by atoms with Crippen LogP contribution in [0, 0.1) is 0 Å². The van der Waals surface area contributed by atoms with Crippen LogP contribution in [-0.4, -0.2) is 22.8 Å². The lowest BCUT2D eigenvalue weighted by Gasteiger charge is -2.15. The Hall–Kier alpha value is -2.43. The normalized spacial score (nSPS) is 12.7. The Bertz CT molecular complexity index is 716. The van der Waals surface area contributed by atoms with E-state index in [2.05, 4.69) is 19.8 Å². The van der Waals surface area contributed by atoms with Gasteiger partial charge in [-0.1, -0.05) is 16.8 Å². The van der Waals surface area contributed by atoms with Gasteiger partial charge in [-0.15, -0.1) is 13.2 Å². The van der Waals surface area contributed by atoms with E-state index in [0.717, 1.165) is 22.5 Å². The van der Waals surface area contributed by atoms with Crippen LogP contribution in [0.2, 0.25) is 0 Å². The molecule has 0 fully saturated rings. The van der Waals surface area contributed by atoms with Gasteiger partial charge in [0.05, 0.1) is 16.2 Å². The van der Waals surface area contributed by atoms with E-state index in [9.17, 15) is 23.1 Å². The standard InChI is InChI=1S/C13H12F3N3O4S/c1-7(24-11-12(21)23-18-19(11)2)10(20)17-8-5-3-4-6-9(8)22-13(14,15)16/h3-7H,1-2H3,(H-,17,18,20,21). The summed E-state index contributed by atoms with van der Waals surface area (Å²) in [5.41, 5.74) is -0.135. The van der Waals surface area contributed by atoms with E-state index in [1.807, 2.05) is 0 Å². The van der Waals surface area contributed by atoms with Crippen LogP contribution in [0.3, 0.4) is 0 Å². The molecule has 24 heavy (non-hydrogen) atoms. The highest BCUT2D eigenvalue weighted by atomic mass is 32.2. The average Bonchev–Trinajstić information content (AvgIpc) is 2.79. The molecule has 1 aromatic heterocycles. The number of nitrogens with one attached hydrogen (secondary N) is 1. The fourth-order valence-corrected chi connectivity index (χ4v) is 2.49.